The molecule has 1 aliphatic carbocycles. The smallest absolute Gasteiger partial charge is 0.410 e. The van der Waals surface area contributed by atoms with Crippen molar-refractivity contribution in [3.63, 3.8) is 0 Å². The highest BCUT2D eigenvalue weighted by molar-refractivity contribution is 6.67. The average Bonchev–Trinajstić information content (AvgIpc) is 3.34. The molecule has 4 rings (SSSR count). The van der Waals surface area contributed by atoms with Gasteiger partial charge >= 0.3 is 17.5 Å². The molecule has 0 spiro atoms. The van der Waals surface area contributed by atoms with E-state index in [9.17, 15) is 14.4 Å². The Bertz CT molecular complexity index is 1060. The molecule has 1 fully saturated rings. The van der Waals surface area contributed by atoms with Crippen LogP contribution in [0.4, 0.5) is 9.59 Å². The number of benzene rings is 2. The summed E-state index contributed by atoms with van der Waals surface area (Å²) in [7, 11) is 0. The van der Waals surface area contributed by atoms with Gasteiger partial charge in [-0.1, -0.05) is 83.3 Å². The molecular weight excluding hydrogens is 528 g/mol. The maximum absolute atomic E-state index is 13.0. The van der Waals surface area contributed by atoms with Gasteiger partial charge in [-0.3, -0.25) is 4.90 Å². The molecule has 2 atom stereocenters. The first-order chi connectivity index (χ1) is 16.1. The third-order valence-corrected chi connectivity index (χ3v) is 6.16. The minimum Gasteiger partial charge on any atom is -0.460 e. The van der Waals surface area contributed by atoms with E-state index in [1.165, 1.54) is 0 Å². The van der Waals surface area contributed by atoms with Crippen molar-refractivity contribution in [2.75, 3.05) is 19.8 Å². The van der Waals surface area contributed by atoms with Crippen LogP contribution >= 0.6 is 46.4 Å². The summed E-state index contributed by atoms with van der Waals surface area (Å²) < 4.78 is 13.8. The van der Waals surface area contributed by atoms with E-state index in [0.717, 1.165) is 27.2 Å². The van der Waals surface area contributed by atoms with Crippen molar-refractivity contribution in [2.45, 2.75) is 28.3 Å². The first kappa shape index (κ1) is 24.9. The van der Waals surface area contributed by atoms with Gasteiger partial charge in [0.25, 0.3) is 0 Å². The first-order valence-electron chi connectivity index (χ1n) is 10.3. The molecule has 1 heterocycles. The quantitative estimate of drug-likeness (QED) is 0.208. The summed E-state index contributed by atoms with van der Waals surface area (Å²) in [6.45, 7) is -0.548. The van der Waals surface area contributed by atoms with Crippen LogP contribution in [0.3, 0.4) is 0 Å². The second kappa shape index (κ2) is 10.2. The molecule has 34 heavy (non-hydrogen) atoms. The molecule has 2 aliphatic rings. The molecule has 2 aromatic rings. The SMILES string of the molecule is O=C(Cl)O[C@@H]1CC(C(=O)OCC(Cl)(Cl)Cl)N(C(=O)OCC2c3ccccc3-c3ccccc32)C1. The van der Waals surface area contributed by atoms with Gasteiger partial charge in [-0.25, -0.2) is 14.4 Å². The molecule has 2 aromatic carbocycles. The van der Waals surface area contributed by atoms with Crippen molar-refractivity contribution >= 4 is 63.9 Å². The number of likely N-dealkylation sites (tertiary alicyclic amines) is 1. The molecule has 0 saturated carbocycles. The third kappa shape index (κ3) is 5.54. The van der Waals surface area contributed by atoms with Crippen LogP contribution in [0.1, 0.15) is 23.5 Å². The first-order valence-corrected chi connectivity index (χ1v) is 11.9. The lowest BCUT2D eigenvalue weighted by atomic mass is 9.98. The minimum atomic E-state index is -1.81. The number of hydrogen-bond acceptors (Lipinski definition) is 6. The number of carbonyl (C=O) groups excluding carboxylic acids is 3. The van der Waals surface area contributed by atoms with Gasteiger partial charge in [0.1, 0.15) is 25.4 Å². The summed E-state index contributed by atoms with van der Waals surface area (Å²) in [5.41, 5.74) is 3.22. The average molecular weight is 547 g/mol. The molecule has 180 valence electrons. The lowest BCUT2D eigenvalue weighted by Gasteiger charge is -2.24. The summed E-state index contributed by atoms with van der Waals surface area (Å²) in [6, 6.07) is 14.7. The second-order valence-electron chi connectivity index (χ2n) is 7.91. The van der Waals surface area contributed by atoms with Crippen molar-refractivity contribution in [1.29, 1.82) is 0 Å². The zero-order valence-electron chi connectivity index (χ0n) is 17.6. The Morgan fingerprint density at radius 2 is 1.53 bits per heavy atom. The summed E-state index contributed by atoms with van der Waals surface area (Å²) in [4.78, 5) is 37.9. The maximum Gasteiger partial charge on any atom is 0.410 e. The van der Waals surface area contributed by atoms with Gasteiger partial charge in [-0.05, 0) is 22.3 Å². The Morgan fingerprint density at radius 1 is 0.941 bits per heavy atom. The van der Waals surface area contributed by atoms with E-state index in [1.54, 1.807) is 0 Å². The van der Waals surface area contributed by atoms with Crippen LogP contribution in [0.25, 0.3) is 11.1 Å². The molecule has 0 radical (unpaired) electrons. The number of ether oxygens (including phenoxy) is 3. The van der Waals surface area contributed by atoms with Gasteiger partial charge in [-0.2, -0.15) is 0 Å². The Kier molecular flexibility index (Phi) is 7.48. The Balaban J connectivity index is 1.48. The highest BCUT2D eigenvalue weighted by Gasteiger charge is 2.44. The van der Waals surface area contributed by atoms with E-state index < -0.39 is 40.0 Å². The highest BCUT2D eigenvalue weighted by atomic mass is 35.6. The van der Waals surface area contributed by atoms with E-state index in [1.807, 2.05) is 48.5 Å². The minimum absolute atomic E-state index is 0.0264. The molecule has 7 nitrogen and oxygen atoms in total. The van der Waals surface area contributed by atoms with Crippen LogP contribution in [-0.2, 0) is 19.0 Å². The number of fused-ring (bicyclic) bond motifs is 3. The number of esters is 1. The molecule has 0 aromatic heterocycles. The van der Waals surface area contributed by atoms with Crippen molar-refractivity contribution in [1.82, 2.24) is 4.90 Å². The number of carbonyl (C=O) groups is 3. The predicted octanol–water partition coefficient (Wildman–Crippen LogP) is 5.67. The third-order valence-electron chi connectivity index (χ3n) is 5.74. The van der Waals surface area contributed by atoms with Crippen molar-refractivity contribution < 1.29 is 28.6 Å². The fourth-order valence-electron chi connectivity index (χ4n) is 4.37. The van der Waals surface area contributed by atoms with Gasteiger partial charge in [-0.15, -0.1) is 0 Å². The van der Waals surface area contributed by atoms with Crippen molar-refractivity contribution in [3.05, 3.63) is 59.7 Å². The van der Waals surface area contributed by atoms with Crippen LogP contribution in [0.2, 0.25) is 0 Å². The lowest BCUT2D eigenvalue weighted by molar-refractivity contribution is -0.148. The summed E-state index contributed by atoms with van der Waals surface area (Å²) >= 11 is 22.3. The van der Waals surface area contributed by atoms with E-state index in [0.29, 0.717) is 0 Å². The molecule has 1 aliphatic heterocycles. The molecular formula is C23H19Cl4NO6. The molecule has 0 bridgehead atoms. The van der Waals surface area contributed by atoms with E-state index in [-0.39, 0.29) is 25.5 Å². The summed E-state index contributed by atoms with van der Waals surface area (Å²) in [5.74, 6) is -0.974. The van der Waals surface area contributed by atoms with Gasteiger partial charge < -0.3 is 14.2 Å². The standard InChI is InChI=1S/C23H19Cl4NO6/c24-21(30)34-13-9-19(20(29)33-12-23(25,26)27)28(10-13)22(31)32-11-18-16-7-3-1-5-14(16)15-6-2-4-8-17(15)18/h1-8,13,18-19H,9-12H2/t13-,19?/m1/s1. The topological polar surface area (TPSA) is 82.1 Å². The number of rotatable bonds is 5. The van der Waals surface area contributed by atoms with Gasteiger partial charge in [0.15, 0.2) is 0 Å². The van der Waals surface area contributed by atoms with Crippen molar-refractivity contribution in [3.8, 4) is 11.1 Å². The Hall–Kier alpha value is -2.19. The van der Waals surface area contributed by atoms with Crippen molar-refractivity contribution in [2.24, 2.45) is 0 Å². The molecule has 1 saturated heterocycles. The molecule has 1 unspecified atom stereocenters. The monoisotopic (exact) mass is 545 g/mol. The number of halogens is 4. The van der Waals surface area contributed by atoms with Gasteiger partial charge in [0, 0.05) is 23.9 Å². The number of nitrogens with zero attached hydrogens (tertiary/aromatic N) is 1. The molecule has 11 heteroatoms. The summed E-state index contributed by atoms with van der Waals surface area (Å²) in [5, 5.41) is 0. The van der Waals surface area contributed by atoms with Crippen LogP contribution < -0.4 is 0 Å². The fraction of sp³-hybridized carbons (Fsp3) is 0.348. The maximum atomic E-state index is 13.0. The van der Waals surface area contributed by atoms with Crippen LogP contribution in [0.5, 0.6) is 0 Å². The molecule has 0 N–H and O–H groups in total. The normalized spacial score (nSPS) is 19.4. The van der Waals surface area contributed by atoms with E-state index in [4.69, 9.17) is 60.6 Å². The van der Waals surface area contributed by atoms with Gasteiger partial charge in [0.05, 0.1) is 6.54 Å². The Morgan fingerprint density at radius 3 is 2.09 bits per heavy atom. The highest BCUT2D eigenvalue weighted by Crippen LogP contribution is 2.44. The number of alkyl halides is 3. The molecule has 1 amide bonds. The number of amides is 1. The zero-order chi connectivity index (χ0) is 24.5. The lowest BCUT2D eigenvalue weighted by Crippen LogP contribution is -2.42. The van der Waals surface area contributed by atoms with Gasteiger partial charge in [0.2, 0.25) is 3.79 Å². The fourth-order valence-corrected chi connectivity index (χ4v) is 4.65. The van der Waals surface area contributed by atoms with Crippen LogP contribution in [-0.4, -0.2) is 58.1 Å². The van der Waals surface area contributed by atoms with Crippen LogP contribution in [0, 0.1) is 0 Å². The van der Waals surface area contributed by atoms with Crippen LogP contribution in [0.15, 0.2) is 48.5 Å². The largest absolute Gasteiger partial charge is 0.460 e. The number of hydrogen-bond donors (Lipinski definition) is 0. The van der Waals surface area contributed by atoms with E-state index in [2.05, 4.69) is 0 Å². The predicted molar refractivity (Wildman–Crippen MR) is 128 cm³/mol. The Labute approximate surface area is 215 Å². The summed E-state index contributed by atoms with van der Waals surface area (Å²) in [6.07, 6.45) is -1.59. The van der Waals surface area contributed by atoms with E-state index >= 15 is 0 Å². The second-order valence-corrected chi connectivity index (χ2v) is 10.7. The zero-order valence-corrected chi connectivity index (χ0v) is 20.6.